The van der Waals surface area contributed by atoms with Crippen molar-refractivity contribution in [3.8, 4) is 5.69 Å². The molecule has 3 aromatic carbocycles. The molecular formula is C24H24N4O. The van der Waals surface area contributed by atoms with Gasteiger partial charge in [0.1, 0.15) is 11.0 Å². The van der Waals surface area contributed by atoms with E-state index < -0.39 is 0 Å². The molecule has 4 aromatic rings. The fourth-order valence-electron chi connectivity index (χ4n) is 3.20. The molecule has 1 N–H and O–H groups in total. The number of amides is 1. The molecular weight excluding hydrogens is 360 g/mol. The summed E-state index contributed by atoms with van der Waals surface area (Å²) in [6, 6.07) is 21.5. The van der Waals surface area contributed by atoms with E-state index in [2.05, 4.69) is 48.4 Å². The van der Waals surface area contributed by atoms with E-state index in [4.69, 9.17) is 0 Å². The Labute approximate surface area is 170 Å². The molecule has 0 atom stereocenters. The Kier molecular flexibility index (Phi) is 5.12. The highest BCUT2D eigenvalue weighted by atomic mass is 16.1. The van der Waals surface area contributed by atoms with Crippen molar-refractivity contribution in [2.24, 2.45) is 0 Å². The Bertz CT molecular complexity index is 1140. The van der Waals surface area contributed by atoms with Crippen LogP contribution in [0.3, 0.4) is 0 Å². The van der Waals surface area contributed by atoms with Crippen molar-refractivity contribution < 1.29 is 4.79 Å². The van der Waals surface area contributed by atoms with Gasteiger partial charge in [-0.25, -0.2) is 0 Å². The molecule has 0 aliphatic heterocycles. The summed E-state index contributed by atoms with van der Waals surface area (Å²) in [4.78, 5) is 14.2. The molecule has 0 spiro atoms. The van der Waals surface area contributed by atoms with Gasteiger partial charge in [0.25, 0.3) is 5.91 Å². The molecule has 0 fully saturated rings. The van der Waals surface area contributed by atoms with Gasteiger partial charge in [0.15, 0.2) is 0 Å². The number of anilines is 1. The van der Waals surface area contributed by atoms with E-state index in [0.717, 1.165) is 23.1 Å². The second-order valence-electron chi connectivity index (χ2n) is 7.44. The minimum absolute atomic E-state index is 0.137. The van der Waals surface area contributed by atoms with Gasteiger partial charge >= 0.3 is 0 Å². The summed E-state index contributed by atoms with van der Waals surface area (Å²) in [6.07, 6.45) is 0.998. The Morgan fingerprint density at radius 3 is 2.28 bits per heavy atom. The molecule has 0 radical (unpaired) electrons. The highest BCUT2D eigenvalue weighted by Gasteiger charge is 2.10. The second kappa shape index (κ2) is 7.87. The lowest BCUT2D eigenvalue weighted by molar-refractivity contribution is 0.102. The number of aryl methyl sites for hydroxylation is 1. The quantitative estimate of drug-likeness (QED) is 0.504. The smallest absolute Gasteiger partial charge is 0.255 e. The third-order valence-corrected chi connectivity index (χ3v) is 5.05. The van der Waals surface area contributed by atoms with Crippen molar-refractivity contribution in [1.82, 2.24) is 15.0 Å². The number of fused-ring (bicyclic) bond motifs is 1. The van der Waals surface area contributed by atoms with Gasteiger partial charge in [-0.15, -0.1) is 10.2 Å². The maximum Gasteiger partial charge on any atom is 0.255 e. The van der Waals surface area contributed by atoms with E-state index >= 15 is 0 Å². The number of carbonyl (C=O) groups is 1. The Morgan fingerprint density at radius 2 is 1.62 bits per heavy atom. The van der Waals surface area contributed by atoms with E-state index in [-0.39, 0.29) is 5.91 Å². The molecule has 146 valence electrons. The zero-order valence-corrected chi connectivity index (χ0v) is 16.9. The zero-order valence-electron chi connectivity index (χ0n) is 16.9. The third-order valence-electron chi connectivity index (χ3n) is 5.05. The van der Waals surface area contributed by atoms with E-state index in [1.54, 1.807) is 4.80 Å². The molecule has 29 heavy (non-hydrogen) atoms. The predicted molar refractivity (Wildman–Crippen MR) is 117 cm³/mol. The summed E-state index contributed by atoms with van der Waals surface area (Å²) in [5.74, 6) is 0.303. The van der Waals surface area contributed by atoms with Crippen molar-refractivity contribution in [3.05, 3.63) is 83.4 Å². The fourth-order valence-corrected chi connectivity index (χ4v) is 3.20. The van der Waals surface area contributed by atoms with E-state index in [1.165, 1.54) is 11.1 Å². The number of hydrogen-bond donors (Lipinski definition) is 1. The van der Waals surface area contributed by atoms with Crippen LogP contribution in [0.4, 0.5) is 5.69 Å². The second-order valence-corrected chi connectivity index (χ2v) is 7.44. The Balaban J connectivity index is 1.54. The summed E-state index contributed by atoms with van der Waals surface area (Å²) in [5.41, 5.74) is 6.25. The maximum atomic E-state index is 12.6. The first-order valence-corrected chi connectivity index (χ1v) is 9.91. The number of carbonyl (C=O) groups excluding carboxylic acids is 1. The van der Waals surface area contributed by atoms with E-state index in [0.29, 0.717) is 17.2 Å². The van der Waals surface area contributed by atoms with Crippen molar-refractivity contribution in [2.75, 3.05) is 5.32 Å². The van der Waals surface area contributed by atoms with Crippen molar-refractivity contribution in [1.29, 1.82) is 0 Å². The van der Waals surface area contributed by atoms with Gasteiger partial charge in [-0.3, -0.25) is 4.79 Å². The number of hydrogen-bond acceptors (Lipinski definition) is 3. The summed E-state index contributed by atoms with van der Waals surface area (Å²) < 4.78 is 0. The Hall–Kier alpha value is -3.47. The van der Waals surface area contributed by atoms with Gasteiger partial charge in [-0.2, -0.15) is 4.80 Å². The summed E-state index contributed by atoms with van der Waals surface area (Å²) in [7, 11) is 0. The van der Waals surface area contributed by atoms with Crippen LogP contribution in [-0.4, -0.2) is 20.9 Å². The van der Waals surface area contributed by atoms with E-state index in [1.807, 2.05) is 54.6 Å². The van der Waals surface area contributed by atoms with Gasteiger partial charge < -0.3 is 5.32 Å². The van der Waals surface area contributed by atoms with Crippen LogP contribution in [-0.2, 0) is 6.42 Å². The van der Waals surface area contributed by atoms with Crippen LogP contribution in [0, 0.1) is 0 Å². The van der Waals surface area contributed by atoms with Crippen LogP contribution in [0.5, 0.6) is 0 Å². The number of nitrogens with zero attached hydrogens (tertiary/aromatic N) is 3. The minimum atomic E-state index is -0.137. The lowest BCUT2D eigenvalue weighted by Gasteiger charge is -2.08. The first-order chi connectivity index (χ1) is 14.0. The first-order valence-electron chi connectivity index (χ1n) is 9.91. The average molecular weight is 384 g/mol. The van der Waals surface area contributed by atoms with Crippen LogP contribution < -0.4 is 5.32 Å². The largest absolute Gasteiger partial charge is 0.322 e. The molecule has 5 nitrogen and oxygen atoms in total. The number of aromatic nitrogens is 3. The SMILES string of the molecule is CCc1ccc(-n2nc3ccc(NC(=O)c4ccc(C(C)C)cc4)cc3n2)cc1. The maximum absolute atomic E-state index is 12.6. The molecule has 1 aromatic heterocycles. The highest BCUT2D eigenvalue weighted by Crippen LogP contribution is 2.20. The topological polar surface area (TPSA) is 59.8 Å². The van der Waals surface area contributed by atoms with E-state index in [9.17, 15) is 4.79 Å². The molecule has 1 heterocycles. The van der Waals surface area contributed by atoms with Crippen LogP contribution in [0.2, 0.25) is 0 Å². The minimum Gasteiger partial charge on any atom is -0.322 e. The first kappa shape index (κ1) is 18.9. The standard InChI is InChI=1S/C24H24N4O/c1-4-17-5-12-21(13-6-17)28-26-22-14-11-20(15-23(22)27-28)25-24(29)19-9-7-18(8-10-19)16(2)3/h5-16H,4H2,1-3H3,(H,25,29). The van der Waals surface area contributed by atoms with Crippen LogP contribution >= 0.6 is 0 Å². The van der Waals surface area contributed by atoms with Crippen LogP contribution in [0.15, 0.2) is 66.7 Å². The summed E-state index contributed by atoms with van der Waals surface area (Å²) >= 11 is 0. The van der Waals surface area contributed by atoms with Crippen molar-refractivity contribution in [3.63, 3.8) is 0 Å². The van der Waals surface area contributed by atoms with Crippen LogP contribution in [0.1, 0.15) is 48.2 Å². The molecule has 0 saturated heterocycles. The van der Waals surface area contributed by atoms with Gasteiger partial charge in [0.2, 0.25) is 0 Å². The Morgan fingerprint density at radius 1 is 0.931 bits per heavy atom. The van der Waals surface area contributed by atoms with Gasteiger partial charge in [0.05, 0.1) is 5.69 Å². The number of benzene rings is 3. The molecule has 5 heteroatoms. The molecule has 1 amide bonds. The van der Waals surface area contributed by atoms with Gasteiger partial charge in [-0.1, -0.05) is 45.0 Å². The molecule has 0 aliphatic rings. The average Bonchev–Trinajstić information content (AvgIpc) is 3.17. The summed E-state index contributed by atoms with van der Waals surface area (Å²) in [5, 5.41) is 12.0. The third kappa shape index (κ3) is 4.04. The predicted octanol–water partition coefficient (Wildman–Crippen LogP) is 5.36. The van der Waals surface area contributed by atoms with Crippen molar-refractivity contribution in [2.45, 2.75) is 33.1 Å². The lowest BCUT2D eigenvalue weighted by Crippen LogP contribution is -2.11. The zero-order chi connectivity index (χ0) is 20.4. The molecule has 0 unspecified atom stereocenters. The van der Waals surface area contributed by atoms with Crippen molar-refractivity contribution >= 4 is 22.6 Å². The number of nitrogens with one attached hydrogen (secondary N) is 1. The fraction of sp³-hybridized carbons (Fsp3) is 0.208. The highest BCUT2D eigenvalue weighted by molar-refractivity contribution is 6.04. The normalized spacial score (nSPS) is 11.2. The van der Waals surface area contributed by atoms with Gasteiger partial charge in [0, 0.05) is 11.3 Å². The molecule has 4 rings (SSSR count). The monoisotopic (exact) mass is 384 g/mol. The number of rotatable bonds is 5. The summed E-state index contributed by atoms with van der Waals surface area (Å²) in [6.45, 7) is 6.40. The molecule has 0 saturated carbocycles. The lowest BCUT2D eigenvalue weighted by atomic mass is 10.0. The molecule has 0 bridgehead atoms. The van der Waals surface area contributed by atoms with Gasteiger partial charge in [-0.05, 0) is 65.9 Å². The van der Waals surface area contributed by atoms with Crippen LogP contribution in [0.25, 0.3) is 16.7 Å². The molecule has 0 aliphatic carbocycles.